The number of nitrogens with one attached hydrogen (secondary N) is 2. The monoisotopic (exact) mass is 330 g/mol. The summed E-state index contributed by atoms with van der Waals surface area (Å²) in [5.74, 6) is -0.402. The molecule has 10 heteroatoms. The van der Waals surface area contributed by atoms with Crippen molar-refractivity contribution in [3.8, 4) is 0 Å². The molecule has 124 valence electrons. The van der Waals surface area contributed by atoms with Crippen molar-refractivity contribution in [1.82, 2.24) is 14.7 Å². The fraction of sp³-hybridized carbons (Fsp3) is 0.308. The second-order valence-electron chi connectivity index (χ2n) is 4.53. The first-order valence-corrected chi connectivity index (χ1v) is 6.53. The molecule has 0 aliphatic carbocycles. The lowest BCUT2D eigenvalue weighted by atomic mass is 10.3. The van der Waals surface area contributed by atoms with E-state index in [1.807, 2.05) is 0 Å². The van der Waals surface area contributed by atoms with Crippen molar-refractivity contribution in [2.24, 2.45) is 0 Å². The first-order chi connectivity index (χ1) is 10.8. The maximum Gasteiger partial charge on any atom is 0.422 e. The second kappa shape index (κ2) is 6.99. The second-order valence-corrected chi connectivity index (χ2v) is 4.53. The quantitative estimate of drug-likeness (QED) is 0.877. The summed E-state index contributed by atoms with van der Waals surface area (Å²) in [6.07, 6.45) is -0.940. The van der Waals surface area contributed by atoms with E-state index in [1.165, 1.54) is 0 Å². The molecule has 0 atom stereocenters. The van der Waals surface area contributed by atoms with Crippen LogP contribution in [0.15, 0.2) is 30.7 Å². The van der Waals surface area contributed by atoms with Crippen LogP contribution in [0.1, 0.15) is 6.42 Å². The maximum atomic E-state index is 11.8. The van der Waals surface area contributed by atoms with Gasteiger partial charge in [-0.15, -0.1) is 0 Å². The normalized spacial score (nSPS) is 11.3. The van der Waals surface area contributed by atoms with Crippen LogP contribution >= 0.6 is 0 Å². The van der Waals surface area contributed by atoms with Crippen LogP contribution in [0.4, 0.5) is 23.7 Å². The number of rotatable bonds is 5. The molecule has 2 aromatic rings. The summed E-state index contributed by atoms with van der Waals surface area (Å²) in [6.45, 7) is -1.81. The van der Waals surface area contributed by atoms with Crippen LogP contribution in [-0.4, -0.2) is 40.7 Å². The summed E-state index contributed by atoms with van der Waals surface area (Å²) in [5.41, 5.74) is 1.25. The molecule has 0 saturated heterocycles. The third kappa shape index (κ3) is 5.49. The van der Waals surface area contributed by atoms with Gasteiger partial charge in [0.2, 0.25) is 5.91 Å². The van der Waals surface area contributed by atoms with Crippen molar-refractivity contribution in [2.45, 2.75) is 12.6 Å². The van der Waals surface area contributed by atoms with Gasteiger partial charge in [-0.25, -0.2) is 9.78 Å². The highest BCUT2D eigenvalue weighted by molar-refractivity contribution is 5.91. The number of hydrogen-bond acceptors (Lipinski definition) is 4. The van der Waals surface area contributed by atoms with Crippen LogP contribution in [-0.2, 0) is 9.53 Å². The number of imidazole rings is 1. The fourth-order valence-corrected chi connectivity index (χ4v) is 1.69. The lowest BCUT2D eigenvalue weighted by molar-refractivity contribution is -0.160. The van der Waals surface area contributed by atoms with Crippen LogP contribution < -0.4 is 10.6 Å². The van der Waals surface area contributed by atoms with Gasteiger partial charge >= 0.3 is 12.3 Å². The highest BCUT2D eigenvalue weighted by Crippen LogP contribution is 2.14. The van der Waals surface area contributed by atoms with Crippen molar-refractivity contribution in [3.63, 3.8) is 0 Å². The number of alkyl halides is 3. The predicted octanol–water partition coefficient (Wildman–Crippen LogP) is 1.95. The van der Waals surface area contributed by atoms with E-state index in [-0.39, 0.29) is 13.0 Å². The molecule has 2 amide bonds. The Morgan fingerprint density at radius 1 is 1.30 bits per heavy atom. The van der Waals surface area contributed by atoms with Crippen molar-refractivity contribution >= 4 is 23.3 Å². The number of amides is 2. The summed E-state index contributed by atoms with van der Waals surface area (Å²) in [6, 6.07) is 3.37. The zero-order chi connectivity index (χ0) is 16.9. The molecule has 0 unspecified atom stereocenters. The molecule has 0 aliphatic heterocycles. The Bertz CT molecular complexity index is 699. The van der Waals surface area contributed by atoms with Crippen LogP contribution in [0.5, 0.6) is 0 Å². The SMILES string of the molecule is O=C(CCNC(=O)OCC(F)(F)F)Nc1ccc2nccn2c1. The van der Waals surface area contributed by atoms with E-state index in [1.54, 1.807) is 35.1 Å². The molecule has 0 aromatic carbocycles. The topological polar surface area (TPSA) is 84.7 Å². The van der Waals surface area contributed by atoms with E-state index in [0.29, 0.717) is 5.69 Å². The number of alkyl carbamates (subject to hydrolysis) is 1. The van der Waals surface area contributed by atoms with Crippen LogP contribution in [0, 0.1) is 0 Å². The molecular weight excluding hydrogens is 317 g/mol. The number of pyridine rings is 1. The van der Waals surface area contributed by atoms with Gasteiger partial charge < -0.3 is 19.8 Å². The van der Waals surface area contributed by atoms with E-state index < -0.39 is 24.8 Å². The highest BCUT2D eigenvalue weighted by atomic mass is 19.4. The average Bonchev–Trinajstić information content (AvgIpc) is 2.92. The predicted molar refractivity (Wildman–Crippen MR) is 73.8 cm³/mol. The number of carbonyl (C=O) groups excluding carboxylic acids is 2. The summed E-state index contributed by atoms with van der Waals surface area (Å²) in [5, 5.41) is 4.65. The number of anilines is 1. The first kappa shape index (κ1) is 16.6. The highest BCUT2D eigenvalue weighted by Gasteiger charge is 2.29. The lowest BCUT2D eigenvalue weighted by Gasteiger charge is -2.09. The number of aromatic nitrogens is 2. The van der Waals surface area contributed by atoms with Gasteiger partial charge in [0.15, 0.2) is 6.61 Å². The van der Waals surface area contributed by atoms with Gasteiger partial charge in [0.1, 0.15) is 5.65 Å². The molecule has 0 bridgehead atoms. The molecule has 0 saturated carbocycles. The molecule has 0 fully saturated rings. The van der Waals surface area contributed by atoms with E-state index in [0.717, 1.165) is 5.65 Å². The Hall–Kier alpha value is -2.78. The van der Waals surface area contributed by atoms with Gasteiger partial charge in [0.05, 0.1) is 5.69 Å². The van der Waals surface area contributed by atoms with E-state index >= 15 is 0 Å². The number of ether oxygens (including phenoxy) is 1. The Morgan fingerprint density at radius 3 is 2.83 bits per heavy atom. The molecule has 7 nitrogen and oxygen atoms in total. The fourth-order valence-electron chi connectivity index (χ4n) is 1.69. The van der Waals surface area contributed by atoms with Gasteiger partial charge in [-0.1, -0.05) is 0 Å². The lowest BCUT2D eigenvalue weighted by Crippen LogP contribution is -2.31. The van der Waals surface area contributed by atoms with Crippen LogP contribution in [0.25, 0.3) is 5.65 Å². The Labute approximate surface area is 128 Å². The Kier molecular flexibility index (Phi) is 5.04. The van der Waals surface area contributed by atoms with Crippen molar-refractivity contribution < 1.29 is 27.5 Å². The standard InChI is InChI=1S/C13H13F3N4O3/c14-13(15,16)8-23-12(22)18-4-3-11(21)19-9-1-2-10-17-5-6-20(10)7-9/h1-2,5-7H,3-4,8H2,(H,18,22)(H,19,21). The minimum absolute atomic E-state index is 0.108. The zero-order valence-electron chi connectivity index (χ0n) is 11.8. The summed E-state index contributed by atoms with van der Waals surface area (Å²) in [4.78, 5) is 26.7. The molecule has 2 heterocycles. The molecule has 0 aliphatic rings. The number of halogens is 3. The third-order valence-corrected chi connectivity index (χ3v) is 2.66. The third-order valence-electron chi connectivity index (χ3n) is 2.66. The molecule has 23 heavy (non-hydrogen) atoms. The minimum atomic E-state index is -4.58. The summed E-state index contributed by atoms with van der Waals surface area (Å²) >= 11 is 0. The number of nitrogens with zero attached hydrogens (tertiary/aromatic N) is 2. The molecule has 0 spiro atoms. The van der Waals surface area contributed by atoms with Gasteiger partial charge in [0.25, 0.3) is 0 Å². The van der Waals surface area contributed by atoms with E-state index in [9.17, 15) is 22.8 Å². The van der Waals surface area contributed by atoms with Crippen molar-refractivity contribution in [3.05, 3.63) is 30.7 Å². The summed E-state index contributed by atoms with van der Waals surface area (Å²) in [7, 11) is 0. The molecule has 0 radical (unpaired) electrons. The maximum absolute atomic E-state index is 11.8. The molecular formula is C13H13F3N4O3. The van der Waals surface area contributed by atoms with Gasteiger partial charge in [0, 0.05) is 31.6 Å². The largest absolute Gasteiger partial charge is 0.440 e. The number of hydrogen-bond donors (Lipinski definition) is 2. The van der Waals surface area contributed by atoms with Gasteiger partial charge in [-0.05, 0) is 12.1 Å². The summed E-state index contributed by atoms with van der Waals surface area (Å²) < 4.78 is 41.1. The molecule has 2 aromatic heterocycles. The molecule has 2 rings (SSSR count). The molecule has 2 N–H and O–H groups in total. The minimum Gasteiger partial charge on any atom is -0.440 e. The van der Waals surface area contributed by atoms with Gasteiger partial charge in [-0.3, -0.25) is 4.79 Å². The number of carbonyl (C=O) groups is 2. The van der Waals surface area contributed by atoms with Crippen molar-refractivity contribution in [2.75, 3.05) is 18.5 Å². The van der Waals surface area contributed by atoms with Gasteiger partial charge in [-0.2, -0.15) is 13.2 Å². The van der Waals surface area contributed by atoms with Crippen LogP contribution in [0.2, 0.25) is 0 Å². The Morgan fingerprint density at radius 2 is 2.09 bits per heavy atom. The van der Waals surface area contributed by atoms with Crippen molar-refractivity contribution in [1.29, 1.82) is 0 Å². The first-order valence-electron chi connectivity index (χ1n) is 6.53. The average molecular weight is 330 g/mol. The number of fused-ring (bicyclic) bond motifs is 1. The zero-order valence-corrected chi connectivity index (χ0v) is 11.8. The van der Waals surface area contributed by atoms with Crippen LogP contribution in [0.3, 0.4) is 0 Å². The Balaban J connectivity index is 1.71. The van der Waals surface area contributed by atoms with E-state index in [4.69, 9.17) is 0 Å². The smallest absolute Gasteiger partial charge is 0.422 e. The van der Waals surface area contributed by atoms with E-state index in [2.05, 4.69) is 20.4 Å².